The molecule has 1 N–H and O–H groups in total. The van der Waals surface area contributed by atoms with E-state index in [0.29, 0.717) is 6.61 Å². The third-order valence-corrected chi connectivity index (χ3v) is 1.43. The van der Waals surface area contributed by atoms with Gasteiger partial charge in [0.2, 0.25) is 0 Å². The van der Waals surface area contributed by atoms with Gasteiger partial charge in [-0.1, -0.05) is 11.8 Å². The Hall–Kier alpha value is -0.560. The molecule has 1 unspecified atom stereocenters. The van der Waals surface area contributed by atoms with Crippen LogP contribution in [-0.4, -0.2) is 37.6 Å². The first-order valence-electron chi connectivity index (χ1n) is 3.99. The molecule has 0 aliphatic rings. The fourth-order valence-electron chi connectivity index (χ4n) is 0.864. The van der Waals surface area contributed by atoms with Crippen molar-refractivity contribution in [1.29, 1.82) is 0 Å². The molecule has 0 aromatic rings. The maximum Gasteiger partial charge on any atom is 0.143 e. The van der Waals surface area contributed by atoms with E-state index >= 15 is 0 Å². The number of hydrogen-bond donors (Lipinski definition) is 1. The molecule has 0 saturated carbocycles. The Kier molecular flexibility index (Phi) is 6.78. The summed E-state index contributed by atoms with van der Waals surface area (Å²) in [6.07, 6.45) is -0.309. The van der Waals surface area contributed by atoms with Crippen molar-refractivity contribution in [2.45, 2.75) is 26.1 Å². The second-order valence-electron chi connectivity index (χ2n) is 2.30. The number of aliphatic hydroxyl groups is 1. The summed E-state index contributed by atoms with van der Waals surface area (Å²) in [6.45, 7) is 4.31. The third-order valence-electron chi connectivity index (χ3n) is 1.43. The van der Waals surface area contributed by atoms with Crippen molar-refractivity contribution < 1.29 is 14.6 Å². The molecule has 0 bridgehead atoms. The molecule has 0 rings (SSSR count). The molecule has 0 saturated heterocycles. The van der Waals surface area contributed by atoms with Gasteiger partial charge in [0, 0.05) is 13.7 Å². The molecule has 0 fully saturated rings. The van der Waals surface area contributed by atoms with Gasteiger partial charge in [-0.25, -0.2) is 0 Å². The molecule has 0 radical (unpaired) electrons. The van der Waals surface area contributed by atoms with Crippen LogP contribution in [0.4, 0.5) is 0 Å². The molecule has 0 aliphatic heterocycles. The van der Waals surface area contributed by atoms with Crippen molar-refractivity contribution in [2.75, 3.05) is 20.3 Å². The molecule has 70 valence electrons. The first kappa shape index (κ1) is 11.4. The Labute approximate surface area is 73.7 Å². The van der Waals surface area contributed by atoms with Gasteiger partial charge < -0.3 is 14.6 Å². The highest BCUT2D eigenvalue weighted by molar-refractivity contribution is 5.07. The van der Waals surface area contributed by atoms with Crippen molar-refractivity contribution in [3.05, 3.63) is 0 Å². The average molecular weight is 172 g/mol. The van der Waals surface area contributed by atoms with Crippen LogP contribution in [0.3, 0.4) is 0 Å². The molecule has 0 heterocycles. The van der Waals surface area contributed by atoms with Crippen molar-refractivity contribution in [1.82, 2.24) is 0 Å². The van der Waals surface area contributed by atoms with Crippen LogP contribution < -0.4 is 0 Å². The standard InChI is InChI=1S/C9H16O3/c1-4-12-8(2)9(11-3)6-5-7-10/h8-10H,4,7H2,1-3H3/t8?,9-/m1/s1. The highest BCUT2D eigenvalue weighted by Crippen LogP contribution is 2.00. The van der Waals surface area contributed by atoms with E-state index in [9.17, 15) is 0 Å². The fraction of sp³-hybridized carbons (Fsp3) is 0.778. The zero-order valence-electron chi connectivity index (χ0n) is 7.83. The van der Waals surface area contributed by atoms with Gasteiger partial charge in [0.1, 0.15) is 12.7 Å². The zero-order valence-corrected chi connectivity index (χ0v) is 7.83. The second kappa shape index (κ2) is 7.11. The van der Waals surface area contributed by atoms with Crippen LogP contribution in [0.1, 0.15) is 13.8 Å². The van der Waals surface area contributed by atoms with Gasteiger partial charge in [0.15, 0.2) is 0 Å². The minimum absolute atomic E-state index is 0.0564. The Bertz CT molecular complexity index is 157. The molecule has 3 heteroatoms. The van der Waals surface area contributed by atoms with E-state index in [4.69, 9.17) is 14.6 Å². The number of rotatable bonds is 4. The Balaban J connectivity index is 3.95. The minimum Gasteiger partial charge on any atom is -0.384 e. The van der Waals surface area contributed by atoms with Gasteiger partial charge in [-0.05, 0) is 13.8 Å². The third kappa shape index (κ3) is 4.35. The predicted molar refractivity (Wildman–Crippen MR) is 46.7 cm³/mol. The van der Waals surface area contributed by atoms with E-state index in [1.807, 2.05) is 13.8 Å². The van der Waals surface area contributed by atoms with E-state index in [-0.39, 0.29) is 18.8 Å². The maximum absolute atomic E-state index is 8.45. The summed E-state index contributed by atoms with van der Waals surface area (Å²) in [7, 11) is 1.58. The minimum atomic E-state index is -0.253. The topological polar surface area (TPSA) is 38.7 Å². The van der Waals surface area contributed by atoms with Gasteiger partial charge in [-0.15, -0.1) is 0 Å². The van der Waals surface area contributed by atoms with E-state index in [0.717, 1.165) is 0 Å². The van der Waals surface area contributed by atoms with E-state index in [1.54, 1.807) is 7.11 Å². The normalized spacial score (nSPS) is 14.7. The summed E-state index contributed by atoms with van der Waals surface area (Å²) >= 11 is 0. The molecule has 0 aromatic carbocycles. The number of methoxy groups -OCH3 is 1. The first-order valence-corrected chi connectivity index (χ1v) is 3.99. The van der Waals surface area contributed by atoms with Crippen LogP contribution in [0, 0.1) is 11.8 Å². The zero-order chi connectivity index (χ0) is 9.40. The van der Waals surface area contributed by atoms with Gasteiger partial charge in [0.05, 0.1) is 6.10 Å². The molecule has 12 heavy (non-hydrogen) atoms. The maximum atomic E-state index is 8.45. The number of ether oxygens (including phenoxy) is 2. The number of hydrogen-bond acceptors (Lipinski definition) is 3. The summed E-state index contributed by atoms with van der Waals surface area (Å²) < 4.78 is 10.3. The first-order chi connectivity index (χ1) is 5.76. The molecule has 0 spiro atoms. The predicted octanol–water partition coefficient (Wildman–Crippen LogP) is 0.422. The molecular formula is C9H16O3. The summed E-state index contributed by atoms with van der Waals surface area (Å²) in [6, 6.07) is 0. The van der Waals surface area contributed by atoms with Gasteiger partial charge in [0.25, 0.3) is 0 Å². The van der Waals surface area contributed by atoms with E-state index in [1.165, 1.54) is 0 Å². The lowest BCUT2D eigenvalue weighted by Crippen LogP contribution is -2.26. The van der Waals surface area contributed by atoms with Crippen molar-refractivity contribution in [2.24, 2.45) is 0 Å². The summed E-state index contributed by atoms with van der Waals surface area (Å²) in [5, 5.41) is 8.45. The number of aliphatic hydroxyl groups excluding tert-OH is 1. The Morgan fingerprint density at radius 3 is 2.58 bits per heavy atom. The molecule has 0 aromatic heterocycles. The summed E-state index contributed by atoms with van der Waals surface area (Å²) in [5.74, 6) is 5.30. The van der Waals surface area contributed by atoms with Crippen LogP contribution in [0.5, 0.6) is 0 Å². The molecule has 3 nitrogen and oxygen atoms in total. The van der Waals surface area contributed by atoms with Gasteiger partial charge >= 0.3 is 0 Å². The van der Waals surface area contributed by atoms with Crippen molar-refractivity contribution in [3.63, 3.8) is 0 Å². The van der Waals surface area contributed by atoms with Gasteiger partial charge in [-0.2, -0.15) is 0 Å². The van der Waals surface area contributed by atoms with Crippen LogP contribution in [0.25, 0.3) is 0 Å². The fourth-order valence-corrected chi connectivity index (χ4v) is 0.864. The Morgan fingerprint density at radius 1 is 1.50 bits per heavy atom. The van der Waals surface area contributed by atoms with E-state index < -0.39 is 0 Å². The van der Waals surface area contributed by atoms with Crippen molar-refractivity contribution in [3.8, 4) is 11.8 Å². The molecule has 0 aliphatic carbocycles. The molecule has 2 atom stereocenters. The monoisotopic (exact) mass is 172 g/mol. The molecular weight excluding hydrogens is 156 g/mol. The second-order valence-corrected chi connectivity index (χ2v) is 2.30. The van der Waals surface area contributed by atoms with Crippen molar-refractivity contribution >= 4 is 0 Å². The lowest BCUT2D eigenvalue weighted by Gasteiger charge is -2.17. The van der Waals surface area contributed by atoms with Crippen LogP contribution in [0.2, 0.25) is 0 Å². The summed E-state index contributed by atoms with van der Waals surface area (Å²) in [4.78, 5) is 0. The largest absolute Gasteiger partial charge is 0.384 e. The SMILES string of the molecule is CCOC(C)[C@@H](C#CCO)OC. The Morgan fingerprint density at radius 2 is 2.17 bits per heavy atom. The highest BCUT2D eigenvalue weighted by atomic mass is 16.5. The highest BCUT2D eigenvalue weighted by Gasteiger charge is 2.12. The van der Waals surface area contributed by atoms with Crippen LogP contribution in [-0.2, 0) is 9.47 Å². The summed E-state index contributed by atoms with van der Waals surface area (Å²) in [5.41, 5.74) is 0. The average Bonchev–Trinajstić information content (AvgIpc) is 2.06. The molecule has 0 amide bonds. The van der Waals surface area contributed by atoms with Gasteiger partial charge in [-0.3, -0.25) is 0 Å². The van der Waals surface area contributed by atoms with Crippen LogP contribution >= 0.6 is 0 Å². The lowest BCUT2D eigenvalue weighted by molar-refractivity contribution is -0.0160. The smallest absolute Gasteiger partial charge is 0.143 e. The van der Waals surface area contributed by atoms with E-state index in [2.05, 4.69) is 11.8 Å². The van der Waals surface area contributed by atoms with Crippen LogP contribution in [0.15, 0.2) is 0 Å². The quantitative estimate of drug-likeness (QED) is 0.625. The lowest BCUT2D eigenvalue weighted by atomic mass is 10.2.